The van der Waals surface area contributed by atoms with Gasteiger partial charge in [-0.3, -0.25) is 0 Å². The molecule has 2 atom stereocenters. The lowest BCUT2D eigenvalue weighted by Crippen LogP contribution is -3.04. The summed E-state index contributed by atoms with van der Waals surface area (Å²) < 4.78 is 0. The number of hydrogen-bond acceptors (Lipinski definition) is 5. The van der Waals surface area contributed by atoms with E-state index in [2.05, 4.69) is 5.32 Å². The van der Waals surface area contributed by atoms with Crippen molar-refractivity contribution in [2.75, 3.05) is 0 Å². The van der Waals surface area contributed by atoms with Gasteiger partial charge in [-0.2, -0.15) is 5.23 Å². The SMILES string of the molecule is N[C@@H]1NC(O)=CC=C1[NH+]([O-])O. The molecule has 0 amide bonds. The van der Waals surface area contributed by atoms with Crippen molar-refractivity contribution in [1.29, 1.82) is 0 Å². The molecule has 0 bridgehead atoms. The average Bonchev–Trinajstić information content (AvgIpc) is 1.85. The van der Waals surface area contributed by atoms with Crippen LogP contribution in [0.1, 0.15) is 0 Å². The Kier molecular flexibility index (Phi) is 2.11. The average molecular weight is 159 g/mol. The van der Waals surface area contributed by atoms with Crippen molar-refractivity contribution < 1.29 is 15.5 Å². The maximum atomic E-state index is 10.4. The van der Waals surface area contributed by atoms with Crippen molar-refractivity contribution in [3.8, 4) is 0 Å². The minimum absolute atomic E-state index is 0.0304. The van der Waals surface area contributed by atoms with E-state index in [0.717, 1.165) is 0 Å². The molecular formula is C5H9N3O3. The lowest BCUT2D eigenvalue weighted by molar-refractivity contribution is -1.02. The summed E-state index contributed by atoms with van der Waals surface area (Å²) in [6, 6.07) is 0. The highest BCUT2D eigenvalue weighted by Gasteiger charge is 2.18. The fourth-order valence-corrected chi connectivity index (χ4v) is 0.762. The highest BCUT2D eigenvalue weighted by Crippen LogP contribution is 1.98. The van der Waals surface area contributed by atoms with Crippen molar-refractivity contribution in [2.45, 2.75) is 6.17 Å². The molecule has 0 saturated carbocycles. The molecule has 0 saturated heterocycles. The molecule has 0 radical (unpaired) electrons. The fourth-order valence-electron chi connectivity index (χ4n) is 0.762. The highest BCUT2D eigenvalue weighted by atomic mass is 16.8. The third kappa shape index (κ3) is 1.69. The summed E-state index contributed by atoms with van der Waals surface area (Å²) in [4.78, 5) is 0. The number of hydrogen-bond donors (Lipinski definition) is 5. The Morgan fingerprint density at radius 3 is 2.73 bits per heavy atom. The van der Waals surface area contributed by atoms with Gasteiger partial charge in [-0.15, -0.1) is 0 Å². The van der Waals surface area contributed by atoms with Crippen LogP contribution in [0.25, 0.3) is 0 Å². The van der Waals surface area contributed by atoms with E-state index in [0.29, 0.717) is 0 Å². The maximum absolute atomic E-state index is 10.4. The molecule has 1 rings (SSSR count). The molecule has 1 aliphatic rings. The van der Waals surface area contributed by atoms with Crippen LogP contribution in [0, 0.1) is 5.21 Å². The third-order valence-corrected chi connectivity index (χ3v) is 1.31. The van der Waals surface area contributed by atoms with E-state index in [1.54, 1.807) is 0 Å². The first-order valence-electron chi connectivity index (χ1n) is 2.97. The minimum atomic E-state index is -1.09. The van der Waals surface area contributed by atoms with E-state index in [4.69, 9.17) is 16.0 Å². The van der Waals surface area contributed by atoms with Crippen LogP contribution in [-0.4, -0.2) is 16.5 Å². The molecule has 62 valence electrons. The van der Waals surface area contributed by atoms with Crippen LogP contribution in [0.5, 0.6) is 0 Å². The number of quaternary nitrogens is 1. The van der Waals surface area contributed by atoms with Gasteiger partial charge in [-0.05, 0) is 0 Å². The maximum Gasteiger partial charge on any atom is 0.185 e. The largest absolute Gasteiger partial charge is 0.595 e. The lowest BCUT2D eigenvalue weighted by Gasteiger charge is -2.23. The molecule has 6 nitrogen and oxygen atoms in total. The Morgan fingerprint density at radius 1 is 1.64 bits per heavy atom. The number of allylic oxidation sites excluding steroid dienone is 2. The first kappa shape index (κ1) is 8.02. The Hall–Kier alpha value is -1.08. The molecule has 0 aromatic heterocycles. The van der Waals surface area contributed by atoms with Crippen LogP contribution in [0.15, 0.2) is 23.7 Å². The Morgan fingerprint density at radius 2 is 2.27 bits per heavy atom. The van der Waals surface area contributed by atoms with E-state index in [1.807, 2.05) is 0 Å². The molecule has 0 aromatic carbocycles. The predicted molar refractivity (Wildman–Crippen MR) is 36.0 cm³/mol. The first-order valence-corrected chi connectivity index (χ1v) is 2.97. The van der Waals surface area contributed by atoms with Gasteiger partial charge in [0.05, 0.1) is 0 Å². The molecule has 11 heavy (non-hydrogen) atoms. The number of aliphatic hydroxyl groups excluding tert-OH is 1. The summed E-state index contributed by atoms with van der Waals surface area (Å²) in [7, 11) is 0. The molecular weight excluding hydrogens is 150 g/mol. The zero-order valence-electron chi connectivity index (χ0n) is 5.61. The van der Waals surface area contributed by atoms with E-state index < -0.39 is 11.4 Å². The van der Waals surface area contributed by atoms with E-state index in [-0.39, 0.29) is 11.6 Å². The standard InChI is InChI=1S/C5H9N3O3/c6-5-3(8(10)11)1-2-4(9)7-5/h1-2,5,7-10H,6H2/t5-/m1/s1. The summed E-state index contributed by atoms with van der Waals surface area (Å²) in [6.07, 6.45) is 1.67. The molecule has 1 aliphatic heterocycles. The highest BCUT2D eigenvalue weighted by molar-refractivity contribution is 5.18. The molecule has 6 N–H and O–H groups in total. The molecule has 0 aliphatic carbocycles. The van der Waals surface area contributed by atoms with Crippen LogP contribution in [0.2, 0.25) is 0 Å². The van der Waals surface area contributed by atoms with Gasteiger partial charge in [0.25, 0.3) is 0 Å². The van der Waals surface area contributed by atoms with Gasteiger partial charge in [0, 0.05) is 12.2 Å². The van der Waals surface area contributed by atoms with Crippen molar-refractivity contribution in [3.05, 3.63) is 28.9 Å². The van der Waals surface area contributed by atoms with Crippen LogP contribution in [-0.2, 0) is 0 Å². The summed E-state index contributed by atoms with van der Waals surface area (Å²) in [5, 5.41) is 28.9. The summed E-state index contributed by atoms with van der Waals surface area (Å²) in [5.74, 6) is -0.123. The molecule has 6 heteroatoms. The van der Waals surface area contributed by atoms with Gasteiger partial charge in [0.15, 0.2) is 17.7 Å². The topological polar surface area (TPSA) is 106 Å². The fraction of sp³-hybridized carbons (Fsp3) is 0.200. The molecule has 1 unspecified atom stereocenters. The second-order valence-electron chi connectivity index (χ2n) is 2.10. The van der Waals surface area contributed by atoms with Gasteiger partial charge >= 0.3 is 0 Å². The van der Waals surface area contributed by atoms with Gasteiger partial charge in [-0.1, -0.05) is 0 Å². The van der Waals surface area contributed by atoms with Gasteiger partial charge in [0.1, 0.15) is 0 Å². The lowest BCUT2D eigenvalue weighted by atomic mass is 10.2. The number of aliphatic hydroxyl groups is 1. The molecule has 1 heterocycles. The summed E-state index contributed by atoms with van der Waals surface area (Å²) >= 11 is 0. The van der Waals surface area contributed by atoms with Crippen molar-refractivity contribution in [2.24, 2.45) is 5.73 Å². The van der Waals surface area contributed by atoms with Crippen LogP contribution in [0.3, 0.4) is 0 Å². The normalized spacial score (nSPS) is 26.6. The summed E-state index contributed by atoms with van der Waals surface area (Å²) in [6.45, 7) is 0. The van der Waals surface area contributed by atoms with Gasteiger partial charge < -0.3 is 21.4 Å². The van der Waals surface area contributed by atoms with Crippen molar-refractivity contribution in [1.82, 2.24) is 5.32 Å². The Bertz CT molecular complexity index is 211. The smallest absolute Gasteiger partial charge is 0.185 e. The number of dihydropyridines is 1. The Labute approximate surface area is 62.8 Å². The molecule has 0 aromatic rings. The molecule has 0 fully saturated rings. The number of nitrogens with one attached hydrogen (secondary N) is 2. The number of rotatable bonds is 1. The summed E-state index contributed by atoms with van der Waals surface area (Å²) in [5.41, 5.74) is 5.34. The third-order valence-electron chi connectivity index (χ3n) is 1.31. The van der Waals surface area contributed by atoms with Crippen molar-refractivity contribution in [3.63, 3.8) is 0 Å². The number of nitrogens with two attached hydrogens (primary N) is 1. The molecule has 0 spiro atoms. The predicted octanol–water partition coefficient (Wildman–Crippen LogP) is -2.07. The number of hydroxylamine groups is 2. The second kappa shape index (κ2) is 2.89. The van der Waals surface area contributed by atoms with E-state index in [9.17, 15) is 5.21 Å². The quantitative estimate of drug-likeness (QED) is 0.283. The first-order chi connectivity index (χ1) is 5.11. The van der Waals surface area contributed by atoms with Gasteiger partial charge in [0.2, 0.25) is 0 Å². The minimum Gasteiger partial charge on any atom is -0.595 e. The van der Waals surface area contributed by atoms with Crippen molar-refractivity contribution >= 4 is 0 Å². The van der Waals surface area contributed by atoms with E-state index >= 15 is 0 Å². The Balaban J connectivity index is 2.78. The van der Waals surface area contributed by atoms with Crippen LogP contribution in [0.4, 0.5) is 0 Å². The van der Waals surface area contributed by atoms with Crippen LogP contribution < -0.4 is 16.3 Å². The monoisotopic (exact) mass is 159 g/mol. The van der Waals surface area contributed by atoms with Gasteiger partial charge in [-0.25, -0.2) is 5.21 Å². The van der Waals surface area contributed by atoms with Crippen LogP contribution >= 0.6 is 0 Å². The second-order valence-corrected chi connectivity index (χ2v) is 2.10. The zero-order chi connectivity index (χ0) is 8.43. The zero-order valence-corrected chi connectivity index (χ0v) is 5.61. The van der Waals surface area contributed by atoms with E-state index in [1.165, 1.54) is 12.2 Å².